The van der Waals surface area contributed by atoms with E-state index in [0.717, 1.165) is 13.0 Å². The molecule has 1 aromatic heterocycles. The van der Waals surface area contributed by atoms with Crippen LogP contribution in [-0.2, 0) is 0 Å². The molecule has 0 saturated carbocycles. The van der Waals surface area contributed by atoms with Crippen molar-refractivity contribution in [3.63, 3.8) is 0 Å². The SMILES string of the molecule is CN(C)CCCN=C1CC(=O)c2nccnc2C1=O. The van der Waals surface area contributed by atoms with Crippen LogP contribution in [0.3, 0.4) is 0 Å². The second-order valence-corrected chi connectivity index (χ2v) is 4.67. The predicted molar refractivity (Wildman–Crippen MR) is 70.8 cm³/mol. The summed E-state index contributed by atoms with van der Waals surface area (Å²) < 4.78 is 0. The van der Waals surface area contributed by atoms with Gasteiger partial charge in [0, 0.05) is 18.9 Å². The highest BCUT2D eigenvalue weighted by atomic mass is 16.1. The Labute approximate surface area is 111 Å². The van der Waals surface area contributed by atoms with Gasteiger partial charge in [-0.25, -0.2) is 9.97 Å². The molecule has 0 saturated heterocycles. The van der Waals surface area contributed by atoms with Gasteiger partial charge in [0.25, 0.3) is 0 Å². The number of Topliss-reactive ketones (excluding diaryl/α,β-unsaturated/α-hetero) is 2. The number of aromatic nitrogens is 2. The van der Waals surface area contributed by atoms with Crippen LogP contribution in [0.15, 0.2) is 17.4 Å². The lowest BCUT2D eigenvalue weighted by Gasteiger charge is -2.13. The van der Waals surface area contributed by atoms with Crippen molar-refractivity contribution in [3.05, 3.63) is 23.8 Å². The van der Waals surface area contributed by atoms with E-state index in [4.69, 9.17) is 0 Å². The van der Waals surface area contributed by atoms with Gasteiger partial charge in [0.1, 0.15) is 11.4 Å². The Morgan fingerprint density at radius 1 is 1.21 bits per heavy atom. The number of ketones is 2. The smallest absolute Gasteiger partial charge is 0.227 e. The van der Waals surface area contributed by atoms with Crippen molar-refractivity contribution in [3.8, 4) is 0 Å². The number of rotatable bonds is 4. The summed E-state index contributed by atoms with van der Waals surface area (Å²) in [4.78, 5) is 38.1. The molecule has 1 aliphatic carbocycles. The van der Waals surface area contributed by atoms with Crippen LogP contribution in [0, 0.1) is 0 Å². The van der Waals surface area contributed by atoms with Crippen LogP contribution >= 0.6 is 0 Å². The fourth-order valence-electron chi connectivity index (χ4n) is 1.89. The van der Waals surface area contributed by atoms with E-state index in [0.29, 0.717) is 12.3 Å². The molecule has 1 heterocycles. The summed E-state index contributed by atoms with van der Waals surface area (Å²) in [6.45, 7) is 1.44. The van der Waals surface area contributed by atoms with Crippen LogP contribution in [0.25, 0.3) is 0 Å². The lowest BCUT2D eigenvalue weighted by atomic mass is 9.96. The van der Waals surface area contributed by atoms with Crippen LogP contribution < -0.4 is 0 Å². The molecule has 0 bridgehead atoms. The maximum absolute atomic E-state index is 12.1. The van der Waals surface area contributed by atoms with Gasteiger partial charge in [0.15, 0.2) is 5.78 Å². The molecule has 2 rings (SSSR count). The Bertz CT molecular complexity index is 537. The molecule has 0 aliphatic heterocycles. The van der Waals surface area contributed by atoms with E-state index >= 15 is 0 Å². The van der Waals surface area contributed by atoms with Crippen LogP contribution in [0.5, 0.6) is 0 Å². The first kappa shape index (κ1) is 13.5. The highest BCUT2D eigenvalue weighted by Crippen LogP contribution is 2.15. The van der Waals surface area contributed by atoms with Crippen LogP contribution in [-0.4, -0.2) is 59.3 Å². The Morgan fingerprint density at radius 3 is 2.58 bits per heavy atom. The number of aliphatic imine (C=N–C) groups is 1. The summed E-state index contributed by atoms with van der Waals surface area (Å²) in [6, 6.07) is 0. The highest BCUT2D eigenvalue weighted by molar-refractivity contribution is 6.52. The van der Waals surface area contributed by atoms with Crippen LogP contribution in [0.2, 0.25) is 0 Å². The van der Waals surface area contributed by atoms with Gasteiger partial charge in [-0.3, -0.25) is 14.6 Å². The van der Waals surface area contributed by atoms with E-state index in [1.165, 1.54) is 12.4 Å². The molecule has 6 heteroatoms. The Morgan fingerprint density at radius 2 is 1.89 bits per heavy atom. The summed E-state index contributed by atoms with van der Waals surface area (Å²) in [7, 11) is 3.96. The van der Waals surface area contributed by atoms with Crippen molar-refractivity contribution >= 4 is 17.3 Å². The zero-order valence-corrected chi connectivity index (χ0v) is 11.1. The fraction of sp³-hybridized carbons (Fsp3) is 0.462. The van der Waals surface area contributed by atoms with E-state index in [-0.39, 0.29) is 29.4 Å². The molecular formula is C13H16N4O2. The van der Waals surface area contributed by atoms with E-state index in [9.17, 15) is 9.59 Å². The monoisotopic (exact) mass is 260 g/mol. The van der Waals surface area contributed by atoms with E-state index < -0.39 is 0 Å². The van der Waals surface area contributed by atoms with Crippen molar-refractivity contribution in [1.82, 2.24) is 14.9 Å². The summed E-state index contributed by atoms with van der Waals surface area (Å²) in [5.41, 5.74) is 0.599. The molecule has 6 nitrogen and oxygen atoms in total. The highest BCUT2D eigenvalue weighted by Gasteiger charge is 2.31. The first-order valence-electron chi connectivity index (χ1n) is 6.16. The number of carbonyl (C=O) groups is 2. The third-order valence-electron chi connectivity index (χ3n) is 2.83. The number of hydrogen-bond acceptors (Lipinski definition) is 6. The largest absolute Gasteiger partial charge is 0.309 e. The fourth-order valence-corrected chi connectivity index (χ4v) is 1.89. The second-order valence-electron chi connectivity index (χ2n) is 4.67. The van der Waals surface area contributed by atoms with Gasteiger partial charge in [-0.1, -0.05) is 0 Å². The minimum Gasteiger partial charge on any atom is -0.309 e. The standard InChI is InChI=1S/C13H16N4O2/c1-17(2)7-3-4-14-9-8-10(18)11-12(13(9)19)16-6-5-15-11/h5-6H,3-4,7-8H2,1-2H3. The molecule has 0 unspecified atom stereocenters. The van der Waals surface area contributed by atoms with Crippen molar-refractivity contribution in [2.24, 2.45) is 4.99 Å². The van der Waals surface area contributed by atoms with Crippen molar-refractivity contribution in [2.45, 2.75) is 12.8 Å². The average Bonchev–Trinajstić information content (AvgIpc) is 2.40. The average molecular weight is 260 g/mol. The van der Waals surface area contributed by atoms with Crippen LogP contribution in [0.4, 0.5) is 0 Å². The van der Waals surface area contributed by atoms with Gasteiger partial charge < -0.3 is 4.90 Å². The molecule has 0 atom stereocenters. The normalized spacial score (nSPS) is 17.1. The van der Waals surface area contributed by atoms with E-state index in [1.54, 1.807) is 0 Å². The van der Waals surface area contributed by atoms with Crippen molar-refractivity contribution in [1.29, 1.82) is 0 Å². The molecule has 1 aliphatic rings. The first-order chi connectivity index (χ1) is 9.09. The third-order valence-corrected chi connectivity index (χ3v) is 2.83. The van der Waals surface area contributed by atoms with E-state index in [2.05, 4.69) is 19.9 Å². The van der Waals surface area contributed by atoms with Gasteiger partial charge in [0.2, 0.25) is 5.78 Å². The zero-order chi connectivity index (χ0) is 13.8. The lowest BCUT2D eigenvalue weighted by molar-refractivity contribution is 0.0957. The number of nitrogens with zero attached hydrogens (tertiary/aromatic N) is 4. The second kappa shape index (κ2) is 5.79. The van der Waals surface area contributed by atoms with Crippen LogP contribution in [0.1, 0.15) is 33.8 Å². The number of hydrogen-bond donors (Lipinski definition) is 0. The maximum Gasteiger partial charge on any atom is 0.227 e. The molecule has 1 aromatic rings. The molecule has 0 fully saturated rings. The predicted octanol–water partition coefficient (Wildman–Crippen LogP) is 0.638. The maximum atomic E-state index is 12.1. The Balaban J connectivity index is 2.11. The molecule has 19 heavy (non-hydrogen) atoms. The van der Waals surface area contributed by atoms with Crippen molar-refractivity contribution < 1.29 is 9.59 Å². The summed E-state index contributed by atoms with van der Waals surface area (Å²) in [6.07, 6.45) is 3.72. The topological polar surface area (TPSA) is 75.5 Å². The van der Waals surface area contributed by atoms with Gasteiger partial charge in [-0.15, -0.1) is 0 Å². The Kier molecular flexibility index (Phi) is 4.11. The minimum absolute atomic E-state index is 0.0342. The zero-order valence-electron chi connectivity index (χ0n) is 11.1. The number of fused-ring (bicyclic) bond motifs is 1. The Hall–Kier alpha value is -1.95. The molecular weight excluding hydrogens is 244 g/mol. The molecule has 0 N–H and O–H groups in total. The van der Waals surface area contributed by atoms with E-state index in [1.807, 2.05) is 14.1 Å². The molecule has 0 radical (unpaired) electrons. The molecule has 0 spiro atoms. The minimum atomic E-state index is -0.271. The third kappa shape index (κ3) is 3.08. The molecule has 0 aromatic carbocycles. The summed E-state index contributed by atoms with van der Waals surface area (Å²) >= 11 is 0. The lowest BCUT2D eigenvalue weighted by Crippen LogP contribution is -2.29. The molecule has 100 valence electrons. The molecule has 0 amide bonds. The van der Waals surface area contributed by atoms with Crippen molar-refractivity contribution in [2.75, 3.05) is 27.2 Å². The van der Waals surface area contributed by atoms with Gasteiger partial charge in [-0.05, 0) is 27.1 Å². The van der Waals surface area contributed by atoms with Gasteiger partial charge in [0.05, 0.1) is 12.1 Å². The summed E-state index contributed by atoms with van der Waals surface area (Å²) in [5.74, 6) is -0.457. The summed E-state index contributed by atoms with van der Waals surface area (Å²) in [5, 5.41) is 0. The van der Waals surface area contributed by atoms with Gasteiger partial charge >= 0.3 is 0 Å². The van der Waals surface area contributed by atoms with Gasteiger partial charge in [-0.2, -0.15) is 0 Å². The first-order valence-corrected chi connectivity index (χ1v) is 6.16. The quantitative estimate of drug-likeness (QED) is 0.742. The number of carbonyl (C=O) groups excluding carboxylic acids is 2.